The molecule has 0 saturated heterocycles. The summed E-state index contributed by atoms with van der Waals surface area (Å²) in [4.78, 5) is 4.82. The quantitative estimate of drug-likeness (QED) is 0.672. The maximum atomic E-state index is 2.41. The largest absolute Gasteiger partial charge is 0.305 e. The number of hydrogen-bond donors (Lipinski definition) is 0. The Morgan fingerprint density at radius 3 is 1.86 bits per heavy atom. The fourth-order valence-corrected chi connectivity index (χ4v) is 1.37. The summed E-state index contributed by atoms with van der Waals surface area (Å²) < 4.78 is 0. The first kappa shape index (κ1) is 13.9. The van der Waals surface area contributed by atoms with Crippen LogP contribution in [0, 0.1) is 5.92 Å². The molecule has 14 heavy (non-hydrogen) atoms. The van der Waals surface area contributed by atoms with Gasteiger partial charge in [-0.15, -0.1) is 0 Å². The van der Waals surface area contributed by atoms with Crippen molar-refractivity contribution in [3.8, 4) is 0 Å². The number of nitrogens with zero attached hydrogens (tertiary/aromatic N) is 2. The van der Waals surface area contributed by atoms with E-state index in [-0.39, 0.29) is 0 Å². The highest BCUT2D eigenvalue weighted by atomic mass is 15.2. The first-order valence-corrected chi connectivity index (χ1v) is 5.63. The van der Waals surface area contributed by atoms with Crippen LogP contribution in [-0.2, 0) is 0 Å². The molecule has 2 heteroatoms. The summed E-state index contributed by atoms with van der Waals surface area (Å²) in [6.45, 7) is 14.8. The minimum Gasteiger partial charge on any atom is -0.305 e. The van der Waals surface area contributed by atoms with Gasteiger partial charge in [0.15, 0.2) is 0 Å². The zero-order valence-corrected chi connectivity index (χ0v) is 11.1. The summed E-state index contributed by atoms with van der Waals surface area (Å²) in [7, 11) is 4.40. The molecule has 2 nitrogen and oxygen atoms in total. The van der Waals surface area contributed by atoms with Crippen molar-refractivity contribution >= 4 is 0 Å². The van der Waals surface area contributed by atoms with E-state index in [1.807, 2.05) is 0 Å². The van der Waals surface area contributed by atoms with Gasteiger partial charge in [-0.25, -0.2) is 0 Å². The van der Waals surface area contributed by atoms with Gasteiger partial charge in [-0.1, -0.05) is 13.8 Å². The van der Waals surface area contributed by atoms with E-state index < -0.39 is 0 Å². The maximum Gasteiger partial charge on any atom is 0.0122 e. The van der Waals surface area contributed by atoms with Gasteiger partial charge in [0.1, 0.15) is 0 Å². The number of rotatable bonds is 5. The molecule has 0 bridgehead atoms. The molecule has 0 aromatic heterocycles. The predicted molar refractivity (Wildman–Crippen MR) is 64.7 cm³/mol. The molecule has 0 N–H and O–H groups in total. The van der Waals surface area contributed by atoms with Crippen molar-refractivity contribution in [1.29, 1.82) is 0 Å². The number of likely N-dealkylation sites (N-methyl/N-ethyl adjacent to an activating group) is 2. The van der Waals surface area contributed by atoms with Gasteiger partial charge in [0.05, 0.1) is 0 Å². The molecule has 0 fully saturated rings. The van der Waals surface area contributed by atoms with Gasteiger partial charge in [-0.05, 0) is 40.8 Å². The highest BCUT2D eigenvalue weighted by Crippen LogP contribution is 2.09. The second-order valence-electron chi connectivity index (χ2n) is 5.75. The van der Waals surface area contributed by atoms with Crippen LogP contribution in [0.2, 0.25) is 0 Å². The molecule has 0 aromatic carbocycles. The predicted octanol–water partition coefficient (Wildman–Crippen LogP) is 2.30. The van der Waals surface area contributed by atoms with Crippen LogP contribution >= 0.6 is 0 Å². The molecule has 0 radical (unpaired) electrons. The Morgan fingerprint density at radius 2 is 1.50 bits per heavy atom. The number of hydrogen-bond acceptors (Lipinski definition) is 2. The van der Waals surface area contributed by atoms with E-state index in [0.717, 1.165) is 19.0 Å². The van der Waals surface area contributed by atoms with Crippen molar-refractivity contribution < 1.29 is 0 Å². The minimum atomic E-state index is 0.290. The average Bonchev–Trinajstić information content (AvgIpc) is 1.96. The molecular weight excluding hydrogens is 172 g/mol. The molecule has 0 aliphatic carbocycles. The van der Waals surface area contributed by atoms with Crippen molar-refractivity contribution in [1.82, 2.24) is 9.80 Å². The van der Waals surface area contributed by atoms with Crippen molar-refractivity contribution in [2.24, 2.45) is 5.92 Å². The van der Waals surface area contributed by atoms with Gasteiger partial charge in [-0.3, -0.25) is 0 Å². The van der Waals surface area contributed by atoms with Crippen molar-refractivity contribution in [2.45, 2.75) is 40.2 Å². The van der Waals surface area contributed by atoms with E-state index in [0.29, 0.717) is 5.54 Å². The van der Waals surface area contributed by atoms with Gasteiger partial charge in [0, 0.05) is 25.2 Å². The lowest BCUT2D eigenvalue weighted by Gasteiger charge is -2.33. The van der Waals surface area contributed by atoms with E-state index in [2.05, 4.69) is 58.5 Å². The molecule has 0 aliphatic rings. The van der Waals surface area contributed by atoms with Crippen LogP contribution in [0.1, 0.15) is 34.6 Å². The highest BCUT2D eigenvalue weighted by Gasteiger charge is 2.16. The molecule has 86 valence electrons. The summed E-state index contributed by atoms with van der Waals surface area (Å²) in [5, 5.41) is 0. The Hall–Kier alpha value is -0.0800. The topological polar surface area (TPSA) is 6.48 Å². The summed E-state index contributed by atoms with van der Waals surface area (Å²) in [6.07, 6.45) is 0. The Bertz CT molecular complexity index is 147. The van der Waals surface area contributed by atoms with Crippen LogP contribution in [-0.4, -0.2) is 49.1 Å². The lowest BCUT2D eigenvalue weighted by molar-refractivity contribution is 0.150. The Labute approximate surface area is 90.3 Å². The summed E-state index contributed by atoms with van der Waals surface area (Å²) >= 11 is 0. The molecule has 0 spiro atoms. The van der Waals surface area contributed by atoms with Gasteiger partial charge >= 0.3 is 0 Å². The minimum absolute atomic E-state index is 0.290. The van der Waals surface area contributed by atoms with Crippen molar-refractivity contribution in [2.75, 3.05) is 33.7 Å². The Morgan fingerprint density at radius 1 is 1.00 bits per heavy atom. The van der Waals surface area contributed by atoms with Gasteiger partial charge in [-0.2, -0.15) is 0 Å². The summed E-state index contributed by atoms with van der Waals surface area (Å²) in [5.41, 5.74) is 0.290. The van der Waals surface area contributed by atoms with Crippen LogP contribution in [0.3, 0.4) is 0 Å². The third kappa shape index (κ3) is 6.39. The zero-order valence-electron chi connectivity index (χ0n) is 11.1. The molecule has 0 amide bonds. The third-order valence-corrected chi connectivity index (χ3v) is 2.64. The second kappa shape index (κ2) is 5.72. The molecule has 0 aromatic rings. The fraction of sp³-hybridized carbons (Fsp3) is 1.00. The van der Waals surface area contributed by atoms with Gasteiger partial charge in [0.25, 0.3) is 0 Å². The molecular formula is C12H28N2. The van der Waals surface area contributed by atoms with E-state index in [1.54, 1.807) is 0 Å². The van der Waals surface area contributed by atoms with Crippen LogP contribution in [0.25, 0.3) is 0 Å². The molecule has 0 atom stereocenters. The van der Waals surface area contributed by atoms with E-state index >= 15 is 0 Å². The van der Waals surface area contributed by atoms with Crippen LogP contribution < -0.4 is 0 Å². The zero-order chi connectivity index (χ0) is 11.4. The average molecular weight is 200 g/mol. The first-order chi connectivity index (χ1) is 6.23. The molecule has 0 saturated carbocycles. The third-order valence-electron chi connectivity index (χ3n) is 2.64. The second-order valence-corrected chi connectivity index (χ2v) is 5.75. The monoisotopic (exact) mass is 200 g/mol. The van der Waals surface area contributed by atoms with Crippen molar-refractivity contribution in [3.63, 3.8) is 0 Å². The van der Waals surface area contributed by atoms with Gasteiger partial charge < -0.3 is 9.80 Å². The van der Waals surface area contributed by atoms with Crippen LogP contribution in [0.5, 0.6) is 0 Å². The van der Waals surface area contributed by atoms with Gasteiger partial charge in [0.2, 0.25) is 0 Å². The normalized spacial score (nSPS) is 13.3. The van der Waals surface area contributed by atoms with Crippen LogP contribution in [0.4, 0.5) is 0 Å². The smallest absolute Gasteiger partial charge is 0.0122 e. The Kier molecular flexibility index (Phi) is 5.68. The fourth-order valence-electron chi connectivity index (χ4n) is 1.37. The molecule has 0 unspecified atom stereocenters. The van der Waals surface area contributed by atoms with Crippen molar-refractivity contribution in [3.05, 3.63) is 0 Å². The summed E-state index contributed by atoms with van der Waals surface area (Å²) in [6, 6.07) is 0. The first-order valence-electron chi connectivity index (χ1n) is 5.63. The lowest BCUT2D eigenvalue weighted by atomic mass is 10.1. The maximum absolute atomic E-state index is 2.41. The van der Waals surface area contributed by atoms with E-state index in [9.17, 15) is 0 Å². The SMILES string of the molecule is CC(C)CN(C)CCN(C)C(C)(C)C. The molecule has 0 aliphatic heterocycles. The standard InChI is InChI=1S/C12H28N2/c1-11(2)10-13(6)8-9-14(7)12(3,4)5/h11H,8-10H2,1-7H3. The Balaban J connectivity index is 3.72. The highest BCUT2D eigenvalue weighted by molar-refractivity contribution is 4.73. The van der Waals surface area contributed by atoms with E-state index in [4.69, 9.17) is 0 Å². The van der Waals surface area contributed by atoms with E-state index in [1.165, 1.54) is 6.54 Å². The summed E-state index contributed by atoms with van der Waals surface area (Å²) in [5.74, 6) is 0.764. The lowest BCUT2D eigenvalue weighted by Crippen LogP contribution is -2.42. The van der Waals surface area contributed by atoms with Crippen LogP contribution in [0.15, 0.2) is 0 Å². The molecule has 0 rings (SSSR count). The molecule has 0 heterocycles.